The van der Waals surface area contributed by atoms with Crippen LogP contribution in [0.5, 0.6) is 0 Å². The summed E-state index contributed by atoms with van der Waals surface area (Å²) in [6.45, 7) is 5.76. The number of allylic oxidation sites excluding steroid dienone is 1. The van der Waals surface area contributed by atoms with Gasteiger partial charge in [0.15, 0.2) is 0 Å². The molecular formula is C29H54NO6+. The van der Waals surface area contributed by atoms with Crippen molar-refractivity contribution in [1.29, 1.82) is 0 Å². The van der Waals surface area contributed by atoms with E-state index in [1.807, 2.05) is 0 Å². The molecule has 3 N–H and O–H groups in total. The average Bonchev–Trinajstić information content (AvgIpc) is 2.82. The Balaban J connectivity index is 4.74. The first-order chi connectivity index (χ1) is 17.3. The van der Waals surface area contributed by atoms with Crippen LogP contribution in [0.4, 0.5) is 0 Å². The lowest BCUT2D eigenvalue weighted by Crippen LogP contribution is -2.50. The van der Waals surface area contributed by atoms with Crippen molar-refractivity contribution in [3.63, 3.8) is 0 Å². The maximum absolute atomic E-state index is 10.9. The Morgan fingerprint density at radius 2 is 0.889 bits per heavy atom. The van der Waals surface area contributed by atoms with E-state index in [2.05, 4.69) is 19.1 Å². The van der Waals surface area contributed by atoms with Crippen LogP contribution in [0.3, 0.4) is 0 Å². The highest BCUT2D eigenvalue weighted by Crippen LogP contribution is 2.18. The van der Waals surface area contributed by atoms with Gasteiger partial charge in [-0.15, -0.1) is 0 Å². The van der Waals surface area contributed by atoms with E-state index in [0.29, 0.717) is 19.3 Å². The summed E-state index contributed by atoms with van der Waals surface area (Å²) >= 11 is 0. The number of rotatable bonds is 27. The number of carboxylic acids is 3. The van der Waals surface area contributed by atoms with E-state index in [1.54, 1.807) is 0 Å². The summed E-state index contributed by atoms with van der Waals surface area (Å²) in [6.07, 6.45) is 21.9. The van der Waals surface area contributed by atoms with Crippen LogP contribution in [0.2, 0.25) is 0 Å². The third kappa shape index (κ3) is 22.6. The van der Waals surface area contributed by atoms with Crippen molar-refractivity contribution in [2.45, 2.75) is 129 Å². The molecule has 0 fully saturated rings. The van der Waals surface area contributed by atoms with Gasteiger partial charge < -0.3 is 19.8 Å². The van der Waals surface area contributed by atoms with Crippen molar-refractivity contribution in [2.75, 3.05) is 26.2 Å². The van der Waals surface area contributed by atoms with Crippen LogP contribution in [0.25, 0.3) is 0 Å². The lowest BCUT2D eigenvalue weighted by Gasteiger charge is -2.39. The molecule has 7 nitrogen and oxygen atoms in total. The fourth-order valence-electron chi connectivity index (χ4n) is 4.82. The smallest absolute Gasteiger partial charge is 0.303 e. The van der Waals surface area contributed by atoms with Gasteiger partial charge in [0, 0.05) is 25.7 Å². The standard InChI is InChI=1S/C29H53NO6/c1-2-3-4-5-6-7-8-9-10-11-12-16-23-30(24-17-13-20-27(31)32,25-18-14-21-28(33)34)26-19-15-22-29(35)36/h11-12H,2-10,13-26H2,1H3,(H2-,31,32,33,34,35,36)/p+1/b12-11+. The number of quaternary nitrogens is 1. The zero-order chi connectivity index (χ0) is 26.9. The van der Waals surface area contributed by atoms with E-state index in [1.165, 1.54) is 51.4 Å². The number of hydrogen-bond acceptors (Lipinski definition) is 3. The molecule has 0 radical (unpaired) electrons. The Hall–Kier alpha value is -1.89. The minimum absolute atomic E-state index is 0.163. The molecule has 0 unspecified atom stereocenters. The Bertz CT molecular complexity index is 550. The van der Waals surface area contributed by atoms with E-state index < -0.39 is 17.9 Å². The normalized spacial score (nSPS) is 11.8. The third-order valence-corrected chi connectivity index (χ3v) is 6.98. The molecule has 0 saturated carbocycles. The molecule has 36 heavy (non-hydrogen) atoms. The molecule has 0 aromatic rings. The van der Waals surface area contributed by atoms with Gasteiger partial charge >= 0.3 is 17.9 Å². The molecule has 0 amide bonds. The van der Waals surface area contributed by atoms with Crippen molar-refractivity contribution in [2.24, 2.45) is 0 Å². The summed E-state index contributed by atoms with van der Waals surface area (Å²) in [5.41, 5.74) is 0. The highest BCUT2D eigenvalue weighted by atomic mass is 16.4. The topological polar surface area (TPSA) is 112 Å². The highest BCUT2D eigenvalue weighted by molar-refractivity contribution is 5.67. The molecule has 7 heteroatoms. The van der Waals surface area contributed by atoms with Gasteiger partial charge in [0.25, 0.3) is 0 Å². The Labute approximate surface area is 219 Å². The number of unbranched alkanes of at least 4 members (excludes halogenated alkanes) is 11. The van der Waals surface area contributed by atoms with Crippen molar-refractivity contribution in [3.8, 4) is 0 Å². The summed E-state index contributed by atoms with van der Waals surface area (Å²) in [5.74, 6) is -2.33. The monoisotopic (exact) mass is 512 g/mol. The fraction of sp³-hybridized carbons (Fsp3) is 0.828. The molecular weight excluding hydrogens is 458 g/mol. The number of hydrogen-bond donors (Lipinski definition) is 3. The van der Waals surface area contributed by atoms with Gasteiger partial charge in [-0.2, -0.15) is 0 Å². The van der Waals surface area contributed by atoms with E-state index >= 15 is 0 Å². The van der Waals surface area contributed by atoms with Crippen molar-refractivity contribution in [1.82, 2.24) is 0 Å². The molecule has 0 aromatic carbocycles. The Morgan fingerprint density at radius 3 is 1.31 bits per heavy atom. The van der Waals surface area contributed by atoms with Crippen molar-refractivity contribution >= 4 is 17.9 Å². The van der Waals surface area contributed by atoms with Crippen molar-refractivity contribution < 1.29 is 34.2 Å². The largest absolute Gasteiger partial charge is 0.481 e. The Morgan fingerprint density at radius 1 is 0.500 bits per heavy atom. The molecule has 0 rings (SSSR count). The first-order valence-electron chi connectivity index (χ1n) is 14.5. The van der Waals surface area contributed by atoms with Crippen LogP contribution in [0, 0.1) is 0 Å². The second-order valence-electron chi connectivity index (χ2n) is 10.3. The number of nitrogens with zero attached hydrogens (tertiary/aromatic N) is 1. The van der Waals surface area contributed by atoms with Gasteiger partial charge in [-0.1, -0.05) is 64.0 Å². The van der Waals surface area contributed by atoms with Crippen LogP contribution >= 0.6 is 0 Å². The van der Waals surface area contributed by atoms with E-state index in [9.17, 15) is 14.4 Å². The molecule has 0 saturated heterocycles. The van der Waals surface area contributed by atoms with Crippen LogP contribution in [-0.4, -0.2) is 63.9 Å². The molecule has 0 bridgehead atoms. The van der Waals surface area contributed by atoms with Gasteiger partial charge in [0.05, 0.1) is 26.2 Å². The molecule has 0 aromatic heterocycles. The number of aliphatic carboxylic acids is 3. The van der Waals surface area contributed by atoms with Crippen LogP contribution in [0.15, 0.2) is 12.2 Å². The highest BCUT2D eigenvalue weighted by Gasteiger charge is 2.26. The molecule has 0 aliphatic rings. The predicted molar refractivity (Wildman–Crippen MR) is 145 cm³/mol. The second-order valence-corrected chi connectivity index (χ2v) is 10.3. The third-order valence-electron chi connectivity index (χ3n) is 6.98. The zero-order valence-corrected chi connectivity index (χ0v) is 22.9. The predicted octanol–water partition coefficient (Wildman–Crippen LogP) is 7.05. The molecule has 0 heterocycles. The van der Waals surface area contributed by atoms with Crippen LogP contribution < -0.4 is 0 Å². The summed E-state index contributed by atoms with van der Waals surface area (Å²) in [5, 5.41) is 27.0. The Kier molecular flexibility index (Phi) is 22.3. The number of carboxylic acid groups (broad SMARTS) is 3. The van der Waals surface area contributed by atoms with Gasteiger partial charge in [0.2, 0.25) is 0 Å². The zero-order valence-electron chi connectivity index (χ0n) is 22.9. The van der Waals surface area contributed by atoms with E-state index in [-0.39, 0.29) is 19.3 Å². The van der Waals surface area contributed by atoms with Gasteiger partial charge in [-0.05, 0) is 51.4 Å². The fourth-order valence-corrected chi connectivity index (χ4v) is 4.82. The molecule has 0 aliphatic heterocycles. The maximum atomic E-state index is 10.9. The molecule has 210 valence electrons. The van der Waals surface area contributed by atoms with Crippen LogP contribution in [-0.2, 0) is 14.4 Å². The lowest BCUT2D eigenvalue weighted by molar-refractivity contribution is -0.928. The molecule has 0 spiro atoms. The average molecular weight is 513 g/mol. The maximum Gasteiger partial charge on any atom is 0.303 e. The quantitative estimate of drug-likeness (QED) is 0.0618. The van der Waals surface area contributed by atoms with E-state index in [4.69, 9.17) is 15.3 Å². The minimum atomic E-state index is -0.778. The van der Waals surface area contributed by atoms with Gasteiger partial charge in [-0.3, -0.25) is 14.4 Å². The second kappa shape index (κ2) is 23.5. The molecule has 0 atom stereocenters. The summed E-state index contributed by atoms with van der Waals surface area (Å²) in [6, 6.07) is 0. The van der Waals surface area contributed by atoms with Crippen LogP contribution in [0.1, 0.15) is 129 Å². The first kappa shape index (κ1) is 34.1. The van der Waals surface area contributed by atoms with Crippen molar-refractivity contribution in [3.05, 3.63) is 12.2 Å². The summed E-state index contributed by atoms with van der Waals surface area (Å²) in [7, 11) is 0. The van der Waals surface area contributed by atoms with Gasteiger partial charge in [0.1, 0.15) is 0 Å². The number of carbonyl (C=O) groups is 3. The van der Waals surface area contributed by atoms with Gasteiger partial charge in [-0.25, -0.2) is 0 Å². The summed E-state index contributed by atoms with van der Waals surface area (Å²) in [4.78, 5) is 32.8. The minimum Gasteiger partial charge on any atom is -0.481 e. The van der Waals surface area contributed by atoms with E-state index in [0.717, 1.165) is 62.8 Å². The SMILES string of the molecule is CCCCCCCCCC/C=C/CC[N+](CCCCC(=O)O)(CCCCC(=O)O)CCCCC(=O)O. The lowest BCUT2D eigenvalue weighted by atomic mass is 10.1. The first-order valence-corrected chi connectivity index (χ1v) is 14.5. The summed E-state index contributed by atoms with van der Waals surface area (Å²) < 4.78 is 0.820. The molecule has 0 aliphatic carbocycles.